The maximum absolute atomic E-state index is 11.3. The summed E-state index contributed by atoms with van der Waals surface area (Å²) in [5, 5.41) is 0. The number of hydrogen-bond donors (Lipinski definition) is 2. The summed E-state index contributed by atoms with van der Waals surface area (Å²) < 4.78 is 5.71. The van der Waals surface area contributed by atoms with E-state index < -0.39 is 0 Å². The van der Waals surface area contributed by atoms with E-state index in [9.17, 15) is 4.79 Å². The van der Waals surface area contributed by atoms with E-state index in [1.54, 1.807) is 12.1 Å². The van der Waals surface area contributed by atoms with Gasteiger partial charge in [0.1, 0.15) is 0 Å². The second-order valence-corrected chi connectivity index (χ2v) is 4.63. The van der Waals surface area contributed by atoms with Crippen LogP contribution in [0.4, 0.5) is 0 Å². The molecule has 1 amide bonds. The van der Waals surface area contributed by atoms with E-state index in [1.807, 2.05) is 12.1 Å². The molecule has 0 saturated carbocycles. The SMILES string of the molecule is CN1CCOC(Cc2ccc(C(=O)NN)cc2)C1. The molecule has 18 heavy (non-hydrogen) atoms. The van der Waals surface area contributed by atoms with E-state index in [0.717, 1.165) is 26.1 Å². The predicted molar refractivity (Wildman–Crippen MR) is 69.0 cm³/mol. The number of likely N-dealkylation sites (N-methyl/N-ethyl adjacent to an activating group) is 1. The molecule has 1 aromatic carbocycles. The minimum absolute atomic E-state index is 0.234. The van der Waals surface area contributed by atoms with Crippen LogP contribution in [-0.2, 0) is 11.2 Å². The summed E-state index contributed by atoms with van der Waals surface area (Å²) in [4.78, 5) is 13.6. The van der Waals surface area contributed by atoms with Crippen LogP contribution in [0, 0.1) is 0 Å². The lowest BCUT2D eigenvalue weighted by Crippen LogP contribution is -2.40. The monoisotopic (exact) mass is 249 g/mol. The van der Waals surface area contributed by atoms with Crippen LogP contribution in [0.15, 0.2) is 24.3 Å². The van der Waals surface area contributed by atoms with Gasteiger partial charge in [-0.3, -0.25) is 10.2 Å². The Kier molecular flexibility index (Phi) is 4.30. The van der Waals surface area contributed by atoms with Gasteiger partial charge in [0.15, 0.2) is 0 Å². The summed E-state index contributed by atoms with van der Waals surface area (Å²) in [5.41, 5.74) is 3.86. The summed E-state index contributed by atoms with van der Waals surface area (Å²) in [6.45, 7) is 2.73. The highest BCUT2D eigenvalue weighted by molar-refractivity contribution is 5.93. The number of amides is 1. The molecule has 0 radical (unpaired) electrons. The second-order valence-electron chi connectivity index (χ2n) is 4.63. The molecule has 2 rings (SSSR count). The fourth-order valence-corrected chi connectivity index (χ4v) is 2.13. The topological polar surface area (TPSA) is 67.6 Å². The number of benzene rings is 1. The van der Waals surface area contributed by atoms with Gasteiger partial charge in [-0.2, -0.15) is 0 Å². The van der Waals surface area contributed by atoms with Gasteiger partial charge in [-0.25, -0.2) is 5.84 Å². The highest BCUT2D eigenvalue weighted by Crippen LogP contribution is 2.12. The first-order valence-electron chi connectivity index (χ1n) is 6.09. The van der Waals surface area contributed by atoms with Crippen LogP contribution in [0.3, 0.4) is 0 Å². The summed E-state index contributed by atoms with van der Waals surface area (Å²) in [6.07, 6.45) is 1.10. The van der Waals surface area contributed by atoms with Gasteiger partial charge in [-0.1, -0.05) is 12.1 Å². The van der Waals surface area contributed by atoms with Crippen molar-refractivity contribution in [2.75, 3.05) is 26.7 Å². The van der Waals surface area contributed by atoms with E-state index in [1.165, 1.54) is 5.56 Å². The largest absolute Gasteiger partial charge is 0.375 e. The van der Waals surface area contributed by atoms with E-state index in [-0.39, 0.29) is 12.0 Å². The molecular formula is C13H19N3O2. The van der Waals surface area contributed by atoms with Crippen molar-refractivity contribution in [3.8, 4) is 0 Å². The van der Waals surface area contributed by atoms with Gasteiger partial charge >= 0.3 is 0 Å². The Morgan fingerprint density at radius 3 is 2.83 bits per heavy atom. The fraction of sp³-hybridized carbons (Fsp3) is 0.462. The molecule has 98 valence electrons. The molecule has 1 fully saturated rings. The highest BCUT2D eigenvalue weighted by atomic mass is 16.5. The van der Waals surface area contributed by atoms with Crippen molar-refractivity contribution in [3.63, 3.8) is 0 Å². The molecule has 1 aromatic rings. The molecule has 1 saturated heterocycles. The number of ether oxygens (including phenoxy) is 1. The van der Waals surface area contributed by atoms with Crippen molar-refractivity contribution in [2.45, 2.75) is 12.5 Å². The number of nitrogens with zero attached hydrogens (tertiary/aromatic N) is 1. The molecule has 0 aromatic heterocycles. The Morgan fingerprint density at radius 1 is 1.50 bits per heavy atom. The van der Waals surface area contributed by atoms with Gasteiger partial charge in [-0.15, -0.1) is 0 Å². The lowest BCUT2D eigenvalue weighted by molar-refractivity contribution is -0.0185. The Balaban J connectivity index is 1.95. The van der Waals surface area contributed by atoms with Crippen molar-refractivity contribution in [1.82, 2.24) is 10.3 Å². The molecule has 0 bridgehead atoms. The number of nitrogens with two attached hydrogens (primary N) is 1. The van der Waals surface area contributed by atoms with Crippen LogP contribution in [0.2, 0.25) is 0 Å². The second kappa shape index (κ2) is 5.95. The highest BCUT2D eigenvalue weighted by Gasteiger charge is 2.17. The lowest BCUT2D eigenvalue weighted by Gasteiger charge is -2.30. The standard InChI is InChI=1S/C13H19N3O2/c1-16-6-7-18-12(9-16)8-10-2-4-11(5-3-10)13(17)15-14/h2-5,12H,6-9,14H2,1H3,(H,15,17). The smallest absolute Gasteiger partial charge is 0.265 e. The van der Waals surface area contributed by atoms with Crippen molar-refractivity contribution < 1.29 is 9.53 Å². The van der Waals surface area contributed by atoms with Gasteiger partial charge in [0.2, 0.25) is 0 Å². The van der Waals surface area contributed by atoms with Gasteiger partial charge in [0, 0.05) is 18.7 Å². The number of nitrogen functional groups attached to an aromatic ring is 1. The van der Waals surface area contributed by atoms with E-state index in [0.29, 0.717) is 5.56 Å². The molecule has 1 unspecified atom stereocenters. The van der Waals surface area contributed by atoms with Crippen LogP contribution in [0.5, 0.6) is 0 Å². The molecule has 0 aliphatic carbocycles. The Bertz CT molecular complexity index is 405. The number of nitrogens with one attached hydrogen (secondary N) is 1. The Labute approximate surface area is 107 Å². The molecule has 5 nitrogen and oxygen atoms in total. The zero-order valence-electron chi connectivity index (χ0n) is 10.6. The van der Waals surface area contributed by atoms with Crippen molar-refractivity contribution >= 4 is 5.91 Å². The average Bonchev–Trinajstić information content (AvgIpc) is 2.39. The minimum Gasteiger partial charge on any atom is -0.375 e. The van der Waals surface area contributed by atoms with Crippen LogP contribution < -0.4 is 11.3 Å². The maximum Gasteiger partial charge on any atom is 0.265 e. The third-order valence-electron chi connectivity index (χ3n) is 3.15. The van der Waals surface area contributed by atoms with Crippen LogP contribution in [0.1, 0.15) is 15.9 Å². The number of morpholine rings is 1. The van der Waals surface area contributed by atoms with Crippen LogP contribution in [-0.4, -0.2) is 43.7 Å². The number of hydrazine groups is 1. The van der Waals surface area contributed by atoms with Crippen molar-refractivity contribution in [3.05, 3.63) is 35.4 Å². The first-order valence-corrected chi connectivity index (χ1v) is 6.09. The van der Waals surface area contributed by atoms with Gasteiger partial charge in [0.05, 0.1) is 12.7 Å². The Hall–Kier alpha value is -1.43. The summed E-state index contributed by atoms with van der Waals surface area (Å²) in [7, 11) is 2.10. The summed E-state index contributed by atoms with van der Waals surface area (Å²) in [5.74, 6) is 4.81. The third-order valence-corrected chi connectivity index (χ3v) is 3.15. The summed E-state index contributed by atoms with van der Waals surface area (Å²) >= 11 is 0. The van der Waals surface area contributed by atoms with Crippen LogP contribution >= 0.6 is 0 Å². The van der Waals surface area contributed by atoms with Gasteiger partial charge in [-0.05, 0) is 31.2 Å². The molecule has 1 aliphatic rings. The molecule has 1 atom stereocenters. The first-order chi connectivity index (χ1) is 8.69. The molecule has 0 spiro atoms. The van der Waals surface area contributed by atoms with Crippen molar-refractivity contribution in [2.24, 2.45) is 5.84 Å². The van der Waals surface area contributed by atoms with E-state index in [2.05, 4.69) is 17.4 Å². The van der Waals surface area contributed by atoms with E-state index in [4.69, 9.17) is 10.6 Å². The maximum atomic E-state index is 11.3. The molecule has 5 heteroatoms. The molecular weight excluding hydrogens is 230 g/mol. The van der Waals surface area contributed by atoms with Gasteiger partial charge < -0.3 is 9.64 Å². The Morgan fingerprint density at radius 2 is 2.22 bits per heavy atom. The summed E-state index contributed by atoms with van der Waals surface area (Å²) in [6, 6.07) is 7.46. The van der Waals surface area contributed by atoms with Gasteiger partial charge in [0.25, 0.3) is 5.91 Å². The zero-order valence-corrected chi connectivity index (χ0v) is 10.6. The predicted octanol–water partition coefficient (Wildman–Crippen LogP) is 0.163. The van der Waals surface area contributed by atoms with Crippen LogP contribution in [0.25, 0.3) is 0 Å². The molecule has 1 aliphatic heterocycles. The average molecular weight is 249 g/mol. The normalized spacial score (nSPS) is 20.7. The number of carbonyl (C=O) groups excluding carboxylic acids is 1. The quantitative estimate of drug-likeness (QED) is 0.455. The van der Waals surface area contributed by atoms with E-state index >= 15 is 0 Å². The zero-order chi connectivity index (χ0) is 13.0. The fourth-order valence-electron chi connectivity index (χ4n) is 2.13. The lowest BCUT2D eigenvalue weighted by atomic mass is 10.0. The number of carbonyl (C=O) groups is 1. The molecule has 1 heterocycles. The third kappa shape index (κ3) is 3.29. The minimum atomic E-state index is -0.268. The molecule has 3 N–H and O–H groups in total. The first kappa shape index (κ1) is 13.0. The van der Waals surface area contributed by atoms with Crippen molar-refractivity contribution in [1.29, 1.82) is 0 Å². The number of rotatable bonds is 3. The number of hydrogen-bond acceptors (Lipinski definition) is 4.